The quantitative estimate of drug-likeness (QED) is 0.681. The molecule has 0 aromatic rings. The summed E-state index contributed by atoms with van der Waals surface area (Å²) in [4.78, 5) is 5.41. The lowest BCUT2D eigenvalue weighted by Gasteiger charge is -2.25. The van der Waals surface area contributed by atoms with E-state index in [1.807, 2.05) is 0 Å². The van der Waals surface area contributed by atoms with Crippen molar-refractivity contribution in [3.05, 3.63) is 0 Å². The Morgan fingerprint density at radius 1 is 1.14 bits per heavy atom. The summed E-state index contributed by atoms with van der Waals surface area (Å²) in [5.74, 6) is 0. The highest BCUT2D eigenvalue weighted by Gasteiger charge is 2.28. The standard InChI is InChI=1S/C12H24N2/c1-2-3-7-13-8-5-10-14-9-4-6-12(14)11-13/h12H,2-11H2,1H3. The SMILES string of the molecule is CCCCN1CCCN2CCCC2C1. The maximum atomic E-state index is 2.71. The van der Waals surface area contributed by atoms with Crippen LogP contribution in [0.3, 0.4) is 0 Å². The van der Waals surface area contributed by atoms with E-state index in [4.69, 9.17) is 0 Å². The van der Waals surface area contributed by atoms with Gasteiger partial charge in [-0.2, -0.15) is 0 Å². The summed E-state index contributed by atoms with van der Waals surface area (Å²) in [5, 5.41) is 0. The Morgan fingerprint density at radius 2 is 2.00 bits per heavy atom. The van der Waals surface area contributed by atoms with E-state index in [0.717, 1.165) is 6.04 Å². The normalized spacial score (nSPS) is 30.2. The average Bonchev–Trinajstić information content (AvgIpc) is 2.54. The van der Waals surface area contributed by atoms with Crippen molar-refractivity contribution in [3.63, 3.8) is 0 Å². The molecule has 0 saturated carbocycles. The lowest BCUT2D eigenvalue weighted by molar-refractivity contribution is 0.218. The summed E-state index contributed by atoms with van der Waals surface area (Å²) in [6, 6.07) is 0.898. The number of unbranched alkanes of at least 4 members (excludes halogenated alkanes) is 1. The van der Waals surface area contributed by atoms with Gasteiger partial charge in [-0.3, -0.25) is 4.90 Å². The molecule has 1 unspecified atom stereocenters. The summed E-state index contributed by atoms with van der Waals surface area (Å²) in [7, 11) is 0. The number of nitrogens with zero attached hydrogens (tertiary/aromatic N) is 2. The van der Waals surface area contributed by atoms with Gasteiger partial charge in [-0.05, 0) is 51.9 Å². The first-order chi connectivity index (χ1) is 6.90. The predicted octanol–water partition coefficient (Wildman–Crippen LogP) is 1.96. The molecule has 0 aromatic carbocycles. The van der Waals surface area contributed by atoms with Gasteiger partial charge in [0.1, 0.15) is 0 Å². The van der Waals surface area contributed by atoms with Crippen LogP contribution >= 0.6 is 0 Å². The molecule has 0 bridgehead atoms. The van der Waals surface area contributed by atoms with Crippen LogP contribution in [0.15, 0.2) is 0 Å². The Labute approximate surface area is 88.3 Å². The predicted molar refractivity (Wildman–Crippen MR) is 60.6 cm³/mol. The highest BCUT2D eigenvalue weighted by Crippen LogP contribution is 2.21. The number of rotatable bonds is 3. The number of hydrogen-bond donors (Lipinski definition) is 0. The van der Waals surface area contributed by atoms with Crippen LogP contribution in [0.5, 0.6) is 0 Å². The molecule has 82 valence electrons. The van der Waals surface area contributed by atoms with E-state index in [2.05, 4.69) is 16.7 Å². The number of hydrogen-bond acceptors (Lipinski definition) is 2. The van der Waals surface area contributed by atoms with E-state index >= 15 is 0 Å². The zero-order chi connectivity index (χ0) is 9.80. The van der Waals surface area contributed by atoms with Gasteiger partial charge in [-0.1, -0.05) is 13.3 Å². The Balaban J connectivity index is 1.82. The van der Waals surface area contributed by atoms with E-state index in [-0.39, 0.29) is 0 Å². The molecule has 1 atom stereocenters. The molecule has 0 aromatic heterocycles. The van der Waals surface area contributed by atoms with E-state index in [1.165, 1.54) is 64.8 Å². The van der Waals surface area contributed by atoms with Crippen LogP contribution in [0, 0.1) is 0 Å². The number of fused-ring (bicyclic) bond motifs is 1. The van der Waals surface area contributed by atoms with Crippen molar-refractivity contribution in [1.82, 2.24) is 9.80 Å². The maximum Gasteiger partial charge on any atom is 0.0223 e. The summed E-state index contributed by atoms with van der Waals surface area (Å²) in [6.45, 7) is 9.03. The van der Waals surface area contributed by atoms with Crippen molar-refractivity contribution >= 4 is 0 Å². The highest BCUT2D eigenvalue weighted by atomic mass is 15.3. The van der Waals surface area contributed by atoms with E-state index in [9.17, 15) is 0 Å². The zero-order valence-corrected chi connectivity index (χ0v) is 9.54. The lowest BCUT2D eigenvalue weighted by Crippen LogP contribution is -2.36. The summed E-state index contributed by atoms with van der Waals surface area (Å²) >= 11 is 0. The van der Waals surface area contributed by atoms with Gasteiger partial charge in [0.25, 0.3) is 0 Å². The molecular weight excluding hydrogens is 172 g/mol. The van der Waals surface area contributed by atoms with E-state index < -0.39 is 0 Å². The Bertz CT molecular complexity index is 168. The molecule has 2 saturated heterocycles. The van der Waals surface area contributed by atoms with Crippen molar-refractivity contribution in [2.24, 2.45) is 0 Å². The second kappa shape index (κ2) is 5.13. The molecule has 2 heterocycles. The van der Waals surface area contributed by atoms with Gasteiger partial charge in [0, 0.05) is 12.6 Å². The third kappa shape index (κ3) is 2.48. The third-order valence-corrected chi connectivity index (χ3v) is 3.72. The van der Waals surface area contributed by atoms with Crippen LogP contribution < -0.4 is 0 Å². The van der Waals surface area contributed by atoms with Crippen molar-refractivity contribution in [1.29, 1.82) is 0 Å². The van der Waals surface area contributed by atoms with Crippen LogP contribution in [0.2, 0.25) is 0 Å². The monoisotopic (exact) mass is 196 g/mol. The average molecular weight is 196 g/mol. The van der Waals surface area contributed by atoms with Gasteiger partial charge < -0.3 is 4.90 Å². The topological polar surface area (TPSA) is 6.48 Å². The fraction of sp³-hybridized carbons (Fsp3) is 1.00. The molecule has 2 rings (SSSR count). The molecule has 2 fully saturated rings. The fourth-order valence-corrected chi connectivity index (χ4v) is 2.87. The summed E-state index contributed by atoms with van der Waals surface area (Å²) in [6.07, 6.45) is 6.99. The fourth-order valence-electron chi connectivity index (χ4n) is 2.87. The van der Waals surface area contributed by atoms with Crippen LogP contribution in [0.4, 0.5) is 0 Å². The Hall–Kier alpha value is -0.0800. The minimum Gasteiger partial charge on any atom is -0.302 e. The van der Waals surface area contributed by atoms with Crippen molar-refractivity contribution in [2.75, 3.05) is 32.7 Å². The van der Waals surface area contributed by atoms with Crippen LogP contribution in [-0.2, 0) is 0 Å². The van der Waals surface area contributed by atoms with Crippen molar-refractivity contribution in [3.8, 4) is 0 Å². The maximum absolute atomic E-state index is 2.71. The summed E-state index contributed by atoms with van der Waals surface area (Å²) < 4.78 is 0. The van der Waals surface area contributed by atoms with Crippen molar-refractivity contribution in [2.45, 2.75) is 45.1 Å². The molecule has 14 heavy (non-hydrogen) atoms. The second-order valence-corrected chi connectivity index (χ2v) is 4.84. The van der Waals surface area contributed by atoms with Crippen molar-refractivity contribution < 1.29 is 0 Å². The minimum atomic E-state index is 0.898. The van der Waals surface area contributed by atoms with Crippen LogP contribution in [-0.4, -0.2) is 48.6 Å². The molecule has 0 amide bonds. The molecule has 2 aliphatic heterocycles. The highest BCUT2D eigenvalue weighted by molar-refractivity contribution is 4.84. The molecule has 0 N–H and O–H groups in total. The molecule has 0 aliphatic carbocycles. The first kappa shape index (κ1) is 10.4. The van der Waals surface area contributed by atoms with E-state index in [1.54, 1.807) is 0 Å². The largest absolute Gasteiger partial charge is 0.302 e. The summed E-state index contributed by atoms with van der Waals surface area (Å²) in [5.41, 5.74) is 0. The van der Waals surface area contributed by atoms with Gasteiger partial charge in [0.05, 0.1) is 0 Å². The zero-order valence-electron chi connectivity index (χ0n) is 9.54. The molecule has 2 aliphatic rings. The Morgan fingerprint density at radius 3 is 2.86 bits per heavy atom. The molecule has 2 heteroatoms. The third-order valence-electron chi connectivity index (χ3n) is 3.72. The first-order valence-electron chi connectivity index (χ1n) is 6.36. The smallest absolute Gasteiger partial charge is 0.0223 e. The van der Waals surface area contributed by atoms with Gasteiger partial charge in [0.15, 0.2) is 0 Å². The minimum absolute atomic E-state index is 0.898. The lowest BCUT2D eigenvalue weighted by atomic mass is 10.2. The molecular formula is C12H24N2. The van der Waals surface area contributed by atoms with Crippen LogP contribution in [0.25, 0.3) is 0 Å². The molecule has 2 nitrogen and oxygen atoms in total. The van der Waals surface area contributed by atoms with E-state index in [0.29, 0.717) is 0 Å². The van der Waals surface area contributed by atoms with Gasteiger partial charge in [-0.25, -0.2) is 0 Å². The van der Waals surface area contributed by atoms with Gasteiger partial charge in [-0.15, -0.1) is 0 Å². The van der Waals surface area contributed by atoms with Crippen LogP contribution in [0.1, 0.15) is 39.0 Å². The van der Waals surface area contributed by atoms with Gasteiger partial charge in [0.2, 0.25) is 0 Å². The second-order valence-electron chi connectivity index (χ2n) is 4.84. The van der Waals surface area contributed by atoms with Gasteiger partial charge >= 0.3 is 0 Å². The first-order valence-corrected chi connectivity index (χ1v) is 6.36. The Kier molecular flexibility index (Phi) is 3.82. The molecule has 0 spiro atoms. The molecule has 0 radical (unpaired) electrons.